The molecular formula is C27H25F3N4O3S2. The zero-order chi connectivity index (χ0) is 28.0. The standard InChI is InChI=1S/C27H25F3N4O3S2/c1-25(2)14-26(37,6-3-19(25)22(35)36)23-32-12-20(39-23)17-9-16(15-5-8-38-13-15)10-18(11-17)33-24-31-7-4-21(34-24)27(28,29)30/h4-5,7-13,19,37H,3,6,14H2,1-2H3,(H,35,36)(H,31,33,34)/t19-,26-/m0/s1. The summed E-state index contributed by atoms with van der Waals surface area (Å²) in [4.78, 5) is 24.5. The number of anilines is 2. The van der Waals surface area contributed by atoms with E-state index in [4.69, 9.17) is 0 Å². The zero-order valence-corrected chi connectivity index (χ0v) is 22.6. The van der Waals surface area contributed by atoms with Crippen LogP contribution in [0, 0.1) is 11.3 Å². The molecule has 0 aliphatic heterocycles. The zero-order valence-electron chi connectivity index (χ0n) is 21.0. The van der Waals surface area contributed by atoms with Crippen LogP contribution < -0.4 is 5.32 Å². The first-order valence-corrected chi connectivity index (χ1v) is 13.9. The van der Waals surface area contributed by atoms with Gasteiger partial charge < -0.3 is 15.5 Å². The third kappa shape index (κ3) is 5.68. The number of thiophene rings is 1. The van der Waals surface area contributed by atoms with E-state index in [1.807, 2.05) is 36.7 Å². The number of alkyl halides is 3. The second-order valence-electron chi connectivity index (χ2n) is 10.4. The van der Waals surface area contributed by atoms with Crippen LogP contribution >= 0.6 is 22.7 Å². The fourth-order valence-electron chi connectivity index (χ4n) is 5.15. The van der Waals surface area contributed by atoms with Crippen molar-refractivity contribution < 1.29 is 28.2 Å². The number of hydrogen-bond donors (Lipinski definition) is 3. The van der Waals surface area contributed by atoms with E-state index in [2.05, 4.69) is 20.3 Å². The van der Waals surface area contributed by atoms with E-state index >= 15 is 0 Å². The van der Waals surface area contributed by atoms with Crippen molar-refractivity contribution in [1.82, 2.24) is 15.0 Å². The van der Waals surface area contributed by atoms with Gasteiger partial charge in [-0.2, -0.15) is 24.5 Å². The Morgan fingerprint density at radius 1 is 1.13 bits per heavy atom. The Bertz CT molecular complexity index is 1500. The van der Waals surface area contributed by atoms with Gasteiger partial charge in [-0.15, -0.1) is 11.3 Å². The van der Waals surface area contributed by atoms with Gasteiger partial charge in [0.1, 0.15) is 16.3 Å². The van der Waals surface area contributed by atoms with Crippen LogP contribution in [0.4, 0.5) is 24.8 Å². The third-order valence-corrected chi connectivity index (χ3v) is 8.94. The summed E-state index contributed by atoms with van der Waals surface area (Å²) in [5.41, 5.74) is 0.0906. The maximum Gasteiger partial charge on any atom is 0.433 e. The Morgan fingerprint density at radius 2 is 1.90 bits per heavy atom. The van der Waals surface area contributed by atoms with Crippen molar-refractivity contribution in [2.45, 2.75) is 44.9 Å². The first-order chi connectivity index (χ1) is 18.3. The van der Waals surface area contributed by atoms with Crippen molar-refractivity contribution in [3.63, 3.8) is 0 Å². The summed E-state index contributed by atoms with van der Waals surface area (Å²) in [5.74, 6) is -1.60. The van der Waals surface area contributed by atoms with E-state index in [-0.39, 0.29) is 18.8 Å². The minimum Gasteiger partial charge on any atom is -0.481 e. The number of aromatic nitrogens is 3. The molecule has 0 bridgehead atoms. The molecule has 3 heterocycles. The van der Waals surface area contributed by atoms with Gasteiger partial charge in [-0.05, 0) is 82.5 Å². The number of carbonyl (C=O) groups is 1. The Hall–Kier alpha value is -3.35. The van der Waals surface area contributed by atoms with Crippen LogP contribution in [0.3, 0.4) is 0 Å². The van der Waals surface area contributed by atoms with Crippen molar-refractivity contribution in [3.8, 4) is 21.6 Å². The molecule has 7 nitrogen and oxygen atoms in total. The van der Waals surface area contributed by atoms with Gasteiger partial charge in [0.15, 0.2) is 0 Å². The predicted octanol–water partition coefficient (Wildman–Crippen LogP) is 7.19. The number of hydrogen-bond acceptors (Lipinski definition) is 8. The first-order valence-electron chi connectivity index (χ1n) is 12.1. The van der Waals surface area contributed by atoms with Crippen LogP contribution in [0.2, 0.25) is 0 Å². The number of aliphatic carboxylic acids is 1. The lowest BCUT2D eigenvalue weighted by molar-refractivity contribution is -0.154. The largest absolute Gasteiger partial charge is 0.481 e. The second kappa shape index (κ2) is 10.00. The first kappa shape index (κ1) is 27.2. The molecule has 0 radical (unpaired) electrons. The van der Waals surface area contributed by atoms with Crippen LogP contribution in [-0.4, -0.2) is 31.1 Å². The van der Waals surface area contributed by atoms with Crippen molar-refractivity contribution in [3.05, 3.63) is 64.2 Å². The quantitative estimate of drug-likeness (QED) is 0.224. The summed E-state index contributed by atoms with van der Waals surface area (Å²) in [7, 11) is 0. The molecule has 0 amide bonds. The SMILES string of the molecule is CC1(C)C[C@](O)(c2ncc(-c3cc(Nc4nccc(C(F)(F)F)n4)cc(-c4ccsc4)c3)s2)CC[C@H]1C(=O)O. The number of carboxylic acids is 1. The summed E-state index contributed by atoms with van der Waals surface area (Å²) >= 11 is 2.83. The normalized spacial score (nSPS) is 21.0. The molecule has 3 aromatic heterocycles. The number of aliphatic hydroxyl groups is 1. The highest BCUT2D eigenvalue weighted by atomic mass is 32.1. The van der Waals surface area contributed by atoms with E-state index in [1.54, 1.807) is 18.3 Å². The summed E-state index contributed by atoms with van der Waals surface area (Å²) < 4.78 is 39.5. The van der Waals surface area contributed by atoms with Gasteiger partial charge in [-0.3, -0.25) is 4.79 Å². The van der Waals surface area contributed by atoms with Gasteiger partial charge in [0.2, 0.25) is 5.95 Å². The van der Waals surface area contributed by atoms with Crippen LogP contribution in [0.25, 0.3) is 21.6 Å². The van der Waals surface area contributed by atoms with Gasteiger partial charge in [-0.1, -0.05) is 13.8 Å². The summed E-state index contributed by atoms with van der Waals surface area (Å²) in [5, 5.41) is 28.4. The number of nitrogens with one attached hydrogen (secondary N) is 1. The van der Waals surface area contributed by atoms with E-state index in [0.717, 1.165) is 33.8 Å². The second-order valence-corrected chi connectivity index (χ2v) is 12.2. The lowest BCUT2D eigenvalue weighted by Gasteiger charge is -2.44. The molecule has 0 saturated heterocycles. The number of thiazole rings is 1. The van der Waals surface area contributed by atoms with Crippen molar-refractivity contribution >= 4 is 40.3 Å². The number of halogens is 3. The van der Waals surface area contributed by atoms with Crippen LogP contribution in [-0.2, 0) is 16.6 Å². The minimum absolute atomic E-state index is 0.185. The maximum atomic E-state index is 13.2. The molecule has 1 aromatic carbocycles. The van der Waals surface area contributed by atoms with Crippen LogP contribution in [0.5, 0.6) is 0 Å². The van der Waals surface area contributed by atoms with Crippen molar-refractivity contribution in [2.75, 3.05) is 5.32 Å². The lowest BCUT2D eigenvalue weighted by Crippen LogP contribution is -2.44. The smallest absolute Gasteiger partial charge is 0.433 e. The fourth-order valence-corrected chi connectivity index (χ4v) is 6.83. The predicted molar refractivity (Wildman–Crippen MR) is 144 cm³/mol. The lowest BCUT2D eigenvalue weighted by atomic mass is 9.63. The van der Waals surface area contributed by atoms with E-state index < -0.39 is 34.8 Å². The molecule has 3 N–H and O–H groups in total. The molecule has 5 rings (SSSR count). The molecule has 4 aromatic rings. The van der Waals surface area contributed by atoms with E-state index in [1.165, 1.54) is 22.7 Å². The molecular weight excluding hydrogens is 549 g/mol. The monoisotopic (exact) mass is 574 g/mol. The number of nitrogens with zero attached hydrogens (tertiary/aromatic N) is 3. The highest BCUT2D eigenvalue weighted by Crippen LogP contribution is 2.51. The van der Waals surface area contributed by atoms with Crippen LogP contribution in [0.15, 0.2) is 53.5 Å². The molecule has 1 fully saturated rings. The molecule has 12 heteroatoms. The fraction of sp³-hybridized carbons (Fsp3) is 0.333. The summed E-state index contributed by atoms with van der Waals surface area (Å²) in [6.07, 6.45) is -0.995. The van der Waals surface area contributed by atoms with Crippen molar-refractivity contribution in [1.29, 1.82) is 0 Å². The minimum atomic E-state index is -4.60. The van der Waals surface area contributed by atoms with Gasteiger partial charge in [0.25, 0.3) is 0 Å². The molecule has 1 aliphatic rings. The Morgan fingerprint density at radius 3 is 2.56 bits per heavy atom. The topological polar surface area (TPSA) is 108 Å². The van der Waals surface area contributed by atoms with E-state index in [9.17, 15) is 28.2 Å². The highest BCUT2D eigenvalue weighted by molar-refractivity contribution is 7.15. The number of rotatable bonds is 6. The van der Waals surface area contributed by atoms with Gasteiger partial charge in [-0.25, -0.2) is 15.0 Å². The molecule has 204 valence electrons. The Kier molecular flexibility index (Phi) is 6.98. The van der Waals surface area contributed by atoms with Gasteiger partial charge in [0, 0.05) is 18.1 Å². The highest BCUT2D eigenvalue weighted by Gasteiger charge is 2.49. The van der Waals surface area contributed by atoms with Gasteiger partial charge >= 0.3 is 12.1 Å². The average Bonchev–Trinajstić information content (AvgIpc) is 3.56. The molecule has 0 spiro atoms. The maximum absolute atomic E-state index is 13.2. The summed E-state index contributed by atoms with van der Waals surface area (Å²) in [6.45, 7) is 3.70. The molecule has 39 heavy (non-hydrogen) atoms. The van der Waals surface area contributed by atoms with Crippen molar-refractivity contribution in [2.24, 2.45) is 11.3 Å². The average molecular weight is 575 g/mol. The Balaban J connectivity index is 1.49. The Labute approximate surface area is 230 Å². The molecule has 0 unspecified atom stereocenters. The van der Waals surface area contributed by atoms with Crippen LogP contribution in [0.1, 0.15) is 43.8 Å². The summed E-state index contributed by atoms with van der Waals surface area (Å²) in [6, 6.07) is 8.28. The number of carboxylic acid groups (broad SMARTS) is 1. The van der Waals surface area contributed by atoms with Gasteiger partial charge in [0.05, 0.1) is 10.8 Å². The molecule has 1 saturated carbocycles. The molecule has 2 atom stereocenters. The number of benzene rings is 1. The van der Waals surface area contributed by atoms with E-state index in [0.29, 0.717) is 17.1 Å². The third-order valence-electron chi connectivity index (χ3n) is 7.01. The molecule has 1 aliphatic carbocycles.